The number of carboxylic acid groups (broad SMARTS) is 1. The molecule has 1 saturated heterocycles. The second-order valence-corrected chi connectivity index (χ2v) is 3.36. The van der Waals surface area contributed by atoms with Gasteiger partial charge in [-0.1, -0.05) is 0 Å². The first kappa shape index (κ1) is 9.64. The molecule has 1 aromatic heterocycles. The molecule has 0 bridgehead atoms. The van der Waals surface area contributed by atoms with Crippen molar-refractivity contribution in [1.82, 2.24) is 4.98 Å². The molecule has 0 unspecified atom stereocenters. The van der Waals surface area contributed by atoms with E-state index < -0.39 is 5.97 Å². The standard InChI is InChI=1S/C10H10N2O3/c13-9-2-1-5-12(9)8-6-7(10(14)15)3-4-11-8/h3-4,6H,1-2,5H2,(H,14,15). The van der Waals surface area contributed by atoms with Crippen molar-refractivity contribution >= 4 is 17.7 Å². The molecule has 1 aliphatic heterocycles. The number of rotatable bonds is 2. The first-order chi connectivity index (χ1) is 7.18. The van der Waals surface area contributed by atoms with E-state index in [-0.39, 0.29) is 11.5 Å². The van der Waals surface area contributed by atoms with Crippen LogP contribution in [-0.4, -0.2) is 28.5 Å². The van der Waals surface area contributed by atoms with Gasteiger partial charge in [-0.05, 0) is 18.6 Å². The third kappa shape index (κ3) is 1.81. The maximum absolute atomic E-state index is 11.4. The van der Waals surface area contributed by atoms with E-state index in [9.17, 15) is 9.59 Å². The topological polar surface area (TPSA) is 70.5 Å². The molecule has 0 saturated carbocycles. The lowest BCUT2D eigenvalue weighted by atomic mass is 10.2. The van der Waals surface area contributed by atoms with Crippen molar-refractivity contribution in [3.05, 3.63) is 23.9 Å². The van der Waals surface area contributed by atoms with E-state index in [0.717, 1.165) is 6.42 Å². The van der Waals surface area contributed by atoms with Crippen LogP contribution in [0.25, 0.3) is 0 Å². The van der Waals surface area contributed by atoms with Gasteiger partial charge in [0, 0.05) is 19.2 Å². The zero-order valence-corrected chi connectivity index (χ0v) is 8.01. The highest BCUT2D eigenvalue weighted by atomic mass is 16.4. The minimum absolute atomic E-state index is 0.00467. The van der Waals surface area contributed by atoms with Gasteiger partial charge in [-0.15, -0.1) is 0 Å². The molecule has 1 aromatic rings. The molecule has 0 aliphatic carbocycles. The summed E-state index contributed by atoms with van der Waals surface area (Å²) in [5, 5.41) is 8.79. The predicted molar refractivity (Wildman–Crippen MR) is 52.8 cm³/mol. The third-order valence-corrected chi connectivity index (χ3v) is 2.34. The summed E-state index contributed by atoms with van der Waals surface area (Å²) in [7, 11) is 0. The number of pyridine rings is 1. The zero-order valence-electron chi connectivity index (χ0n) is 8.01. The summed E-state index contributed by atoms with van der Waals surface area (Å²) in [5.41, 5.74) is 0.153. The van der Waals surface area contributed by atoms with Crippen molar-refractivity contribution in [2.75, 3.05) is 11.4 Å². The SMILES string of the molecule is O=C(O)c1ccnc(N2CCCC2=O)c1. The molecule has 0 atom stereocenters. The monoisotopic (exact) mass is 206 g/mol. The number of carbonyl (C=O) groups excluding carboxylic acids is 1. The lowest BCUT2D eigenvalue weighted by molar-refractivity contribution is -0.117. The molecule has 0 aromatic carbocycles. The van der Waals surface area contributed by atoms with Gasteiger partial charge in [-0.2, -0.15) is 0 Å². The number of carboxylic acids is 1. The second kappa shape index (κ2) is 3.68. The number of anilines is 1. The molecule has 0 radical (unpaired) electrons. The maximum atomic E-state index is 11.4. The summed E-state index contributed by atoms with van der Waals surface area (Å²) < 4.78 is 0. The normalized spacial score (nSPS) is 15.7. The van der Waals surface area contributed by atoms with Crippen molar-refractivity contribution in [3.63, 3.8) is 0 Å². The van der Waals surface area contributed by atoms with E-state index in [1.165, 1.54) is 23.2 Å². The van der Waals surface area contributed by atoms with Crippen molar-refractivity contribution in [2.24, 2.45) is 0 Å². The van der Waals surface area contributed by atoms with Crippen molar-refractivity contribution < 1.29 is 14.7 Å². The molecule has 2 rings (SSSR count). The van der Waals surface area contributed by atoms with Crippen molar-refractivity contribution in [3.8, 4) is 0 Å². The highest BCUT2D eigenvalue weighted by molar-refractivity contribution is 5.96. The maximum Gasteiger partial charge on any atom is 0.335 e. The van der Waals surface area contributed by atoms with Gasteiger partial charge in [-0.3, -0.25) is 9.69 Å². The molecule has 15 heavy (non-hydrogen) atoms. The first-order valence-electron chi connectivity index (χ1n) is 4.68. The highest BCUT2D eigenvalue weighted by Gasteiger charge is 2.23. The molecular weight excluding hydrogens is 196 g/mol. The highest BCUT2D eigenvalue weighted by Crippen LogP contribution is 2.19. The Labute approximate surface area is 86.3 Å². The molecule has 5 heteroatoms. The molecule has 1 N–H and O–H groups in total. The van der Waals surface area contributed by atoms with Crippen LogP contribution in [0, 0.1) is 0 Å². The van der Waals surface area contributed by atoms with E-state index in [4.69, 9.17) is 5.11 Å². The average Bonchev–Trinajstić information content (AvgIpc) is 2.64. The number of hydrogen-bond acceptors (Lipinski definition) is 3. The fraction of sp³-hybridized carbons (Fsp3) is 0.300. The summed E-state index contributed by atoms with van der Waals surface area (Å²) in [6.45, 7) is 0.620. The van der Waals surface area contributed by atoms with Crippen LogP contribution in [0.15, 0.2) is 18.3 Å². The number of nitrogens with zero attached hydrogens (tertiary/aromatic N) is 2. The van der Waals surface area contributed by atoms with Crippen LogP contribution in [-0.2, 0) is 4.79 Å². The number of carbonyl (C=O) groups is 2. The minimum Gasteiger partial charge on any atom is -0.478 e. The number of amides is 1. The molecule has 1 fully saturated rings. The van der Waals surface area contributed by atoms with E-state index in [1.807, 2.05) is 0 Å². The number of aromatic carboxylic acids is 1. The lowest BCUT2D eigenvalue weighted by Gasteiger charge is -2.14. The Morgan fingerprint density at radius 2 is 2.33 bits per heavy atom. The predicted octanol–water partition coefficient (Wildman–Crippen LogP) is 0.907. The van der Waals surface area contributed by atoms with Crippen LogP contribution in [0.4, 0.5) is 5.82 Å². The Morgan fingerprint density at radius 1 is 1.53 bits per heavy atom. The Hall–Kier alpha value is -1.91. The lowest BCUT2D eigenvalue weighted by Crippen LogP contribution is -2.24. The van der Waals surface area contributed by atoms with Gasteiger partial charge in [0.05, 0.1) is 5.56 Å². The molecule has 1 amide bonds. The van der Waals surface area contributed by atoms with Crippen LogP contribution in [0.5, 0.6) is 0 Å². The van der Waals surface area contributed by atoms with Crippen LogP contribution in [0.2, 0.25) is 0 Å². The van der Waals surface area contributed by atoms with Gasteiger partial charge in [0.1, 0.15) is 5.82 Å². The Morgan fingerprint density at radius 3 is 2.93 bits per heavy atom. The smallest absolute Gasteiger partial charge is 0.335 e. The minimum atomic E-state index is -1.01. The number of hydrogen-bond donors (Lipinski definition) is 1. The fourth-order valence-corrected chi connectivity index (χ4v) is 1.59. The quantitative estimate of drug-likeness (QED) is 0.780. The summed E-state index contributed by atoms with van der Waals surface area (Å²) in [6, 6.07) is 2.83. The van der Waals surface area contributed by atoms with E-state index >= 15 is 0 Å². The molecule has 2 heterocycles. The fourth-order valence-electron chi connectivity index (χ4n) is 1.59. The first-order valence-corrected chi connectivity index (χ1v) is 4.68. The average molecular weight is 206 g/mol. The second-order valence-electron chi connectivity index (χ2n) is 3.36. The van der Waals surface area contributed by atoms with E-state index in [1.54, 1.807) is 0 Å². The Bertz CT molecular complexity index is 417. The molecule has 5 nitrogen and oxygen atoms in total. The molecule has 1 aliphatic rings. The molecule has 78 valence electrons. The van der Waals surface area contributed by atoms with Crippen LogP contribution in [0.3, 0.4) is 0 Å². The molecular formula is C10H10N2O3. The van der Waals surface area contributed by atoms with Gasteiger partial charge >= 0.3 is 5.97 Å². The van der Waals surface area contributed by atoms with E-state index in [0.29, 0.717) is 18.8 Å². The summed E-state index contributed by atoms with van der Waals surface area (Å²) in [4.78, 5) is 27.6. The Kier molecular flexibility index (Phi) is 2.37. The summed E-state index contributed by atoms with van der Waals surface area (Å²) >= 11 is 0. The summed E-state index contributed by atoms with van der Waals surface area (Å²) in [6.07, 6.45) is 2.72. The Balaban J connectivity index is 2.32. The van der Waals surface area contributed by atoms with Gasteiger partial charge < -0.3 is 5.11 Å². The molecule has 0 spiro atoms. The third-order valence-electron chi connectivity index (χ3n) is 2.34. The van der Waals surface area contributed by atoms with Crippen molar-refractivity contribution in [1.29, 1.82) is 0 Å². The van der Waals surface area contributed by atoms with E-state index in [2.05, 4.69) is 4.98 Å². The van der Waals surface area contributed by atoms with Crippen LogP contribution in [0.1, 0.15) is 23.2 Å². The van der Waals surface area contributed by atoms with Crippen LogP contribution < -0.4 is 4.90 Å². The summed E-state index contributed by atoms with van der Waals surface area (Å²) in [5.74, 6) is -0.576. The van der Waals surface area contributed by atoms with Crippen molar-refractivity contribution in [2.45, 2.75) is 12.8 Å². The van der Waals surface area contributed by atoms with Gasteiger partial charge in [0.15, 0.2) is 0 Å². The van der Waals surface area contributed by atoms with Gasteiger partial charge in [-0.25, -0.2) is 9.78 Å². The zero-order chi connectivity index (χ0) is 10.8. The van der Waals surface area contributed by atoms with Gasteiger partial charge in [0.25, 0.3) is 0 Å². The largest absolute Gasteiger partial charge is 0.478 e. The van der Waals surface area contributed by atoms with Crippen LogP contribution >= 0.6 is 0 Å². The number of aromatic nitrogens is 1. The van der Waals surface area contributed by atoms with Gasteiger partial charge in [0.2, 0.25) is 5.91 Å².